The number of aromatic nitrogens is 1. The molecule has 100 valence electrons. The van der Waals surface area contributed by atoms with Gasteiger partial charge in [0.15, 0.2) is 0 Å². The van der Waals surface area contributed by atoms with E-state index in [1.54, 1.807) is 18.3 Å². The number of methoxy groups -OCH3 is 1. The van der Waals surface area contributed by atoms with Crippen LogP contribution in [0.25, 0.3) is 6.08 Å². The number of carbonyl (C=O) groups is 1. The molecular weight excluding hydrogens is 252 g/mol. The summed E-state index contributed by atoms with van der Waals surface area (Å²) < 4.78 is 4.57. The van der Waals surface area contributed by atoms with Crippen LogP contribution in [0.15, 0.2) is 59.7 Å². The summed E-state index contributed by atoms with van der Waals surface area (Å²) in [4.78, 5) is 19.4. The van der Waals surface area contributed by atoms with Crippen molar-refractivity contribution >= 4 is 23.9 Å². The van der Waals surface area contributed by atoms with Crippen molar-refractivity contribution in [2.75, 3.05) is 7.11 Å². The Morgan fingerprint density at radius 2 is 2.00 bits per heavy atom. The molecule has 0 fully saturated rings. The molecule has 1 aromatic heterocycles. The first-order valence-corrected chi connectivity index (χ1v) is 6.10. The molecule has 0 radical (unpaired) electrons. The van der Waals surface area contributed by atoms with Gasteiger partial charge in [0.2, 0.25) is 0 Å². The first kappa shape index (κ1) is 13.7. The van der Waals surface area contributed by atoms with Crippen LogP contribution in [-0.2, 0) is 4.74 Å². The van der Waals surface area contributed by atoms with Gasteiger partial charge in [-0.25, -0.2) is 9.78 Å². The van der Waals surface area contributed by atoms with Gasteiger partial charge in [0.05, 0.1) is 19.0 Å². The van der Waals surface area contributed by atoms with Gasteiger partial charge in [-0.2, -0.15) is 0 Å². The molecule has 2 rings (SSSR count). The van der Waals surface area contributed by atoms with Gasteiger partial charge in [-0.05, 0) is 23.8 Å². The number of aliphatic imine (C=N–C) groups is 1. The maximum atomic E-state index is 11.2. The van der Waals surface area contributed by atoms with Gasteiger partial charge in [0, 0.05) is 6.21 Å². The Morgan fingerprint density at radius 3 is 2.65 bits per heavy atom. The summed E-state index contributed by atoms with van der Waals surface area (Å²) in [7, 11) is 1.32. The van der Waals surface area contributed by atoms with Gasteiger partial charge in [-0.1, -0.05) is 36.4 Å². The predicted molar refractivity (Wildman–Crippen MR) is 79.2 cm³/mol. The number of rotatable bonds is 4. The van der Waals surface area contributed by atoms with Crippen molar-refractivity contribution in [1.29, 1.82) is 0 Å². The molecule has 0 unspecified atom stereocenters. The molecule has 0 aliphatic carbocycles. The van der Waals surface area contributed by atoms with E-state index in [9.17, 15) is 4.79 Å². The lowest BCUT2D eigenvalue weighted by molar-refractivity contribution is 0.0594. The van der Waals surface area contributed by atoms with E-state index in [1.165, 1.54) is 13.3 Å². The first-order chi connectivity index (χ1) is 9.79. The van der Waals surface area contributed by atoms with Crippen LogP contribution < -0.4 is 0 Å². The fourth-order valence-electron chi connectivity index (χ4n) is 1.54. The summed E-state index contributed by atoms with van der Waals surface area (Å²) in [6.45, 7) is 0. The van der Waals surface area contributed by atoms with Gasteiger partial charge in [0.25, 0.3) is 0 Å². The number of pyridine rings is 1. The molecule has 0 aliphatic rings. The molecule has 20 heavy (non-hydrogen) atoms. The Hall–Kier alpha value is -2.75. The Labute approximate surface area is 117 Å². The van der Waals surface area contributed by atoms with Crippen LogP contribution in [0.4, 0.5) is 5.69 Å². The molecule has 0 spiro atoms. The van der Waals surface area contributed by atoms with Crippen molar-refractivity contribution in [3.8, 4) is 0 Å². The summed E-state index contributed by atoms with van der Waals surface area (Å²) in [5, 5.41) is 0. The van der Waals surface area contributed by atoms with Gasteiger partial charge >= 0.3 is 5.97 Å². The number of allylic oxidation sites excluding steroid dienone is 1. The van der Waals surface area contributed by atoms with Gasteiger partial charge in [-0.15, -0.1) is 0 Å². The van der Waals surface area contributed by atoms with Crippen molar-refractivity contribution in [2.45, 2.75) is 0 Å². The third kappa shape index (κ3) is 3.88. The highest BCUT2D eigenvalue weighted by atomic mass is 16.5. The normalized spacial score (nSPS) is 11.1. The fraction of sp³-hybridized carbons (Fsp3) is 0.0625. The molecule has 0 atom stereocenters. The van der Waals surface area contributed by atoms with E-state index in [-0.39, 0.29) is 5.69 Å². The Kier molecular flexibility index (Phi) is 4.78. The van der Waals surface area contributed by atoms with Gasteiger partial charge in [-0.3, -0.25) is 4.99 Å². The summed E-state index contributed by atoms with van der Waals surface area (Å²) in [6.07, 6.45) is 7.02. The summed E-state index contributed by atoms with van der Waals surface area (Å²) in [6, 6.07) is 13.2. The maximum absolute atomic E-state index is 11.2. The highest BCUT2D eigenvalue weighted by molar-refractivity contribution is 5.87. The smallest absolute Gasteiger partial charge is 0.356 e. The standard InChI is InChI=1S/C16H14N2O2/c1-20-16(19)15-10-9-14(12-18-15)17-11-5-8-13-6-3-2-4-7-13/h2-12H,1H3/b8-5+,17-11?. The molecule has 0 aliphatic heterocycles. The molecule has 4 nitrogen and oxygen atoms in total. The van der Waals surface area contributed by atoms with Crippen molar-refractivity contribution in [3.63, 3.8) is 0 Å². The summed E-state index contributed by atoms with van der Waals surface area (Å²) >= 11 is 0. The van der Waals surface area contributed by atoms with Crippen LogP contribution in [0.2, 0.25) is 0 Å². The second-order valence-corrected chi connectivity index (χ2v) is 3.94. The molecule has 1 aromatic carbocycles. The van der Waals surface area contributed by atoms with Crippen molar-refractivity contribution < 1.29 is 9.53 Å². The van der Waals surface area contributed by atoms with E-state index in [4.69, 9.17) is 0 Å². The van der Waals surface area contributed by atoms with E-state index < -0.39 is 5.97 Å². The largest absolute Gasteiger partial charge is 0.464 e. The number of carbonyl (C=O) groups excluding carboxylic acids is 1. The molecule has 0 bridgehead atoms. The minimum atomic E-state index is -0.454. The predicted octanol–water partition coefficient (Wildman–Crippen LogP) is 3.28. The maximum Gasteiger partial charge on any atom is 0.356 e. The van der Waals surface area contributed by atoms with Crippen LogP contribution in [0.3, 0.4) is 0 Å². The van der Waals surface area contributed by atoms with Crippen molar-refractivity contribution in [3.05, 3.63) is 66.0 Å². The van der Waals surface area contributed by atoms with E-state index in [0.29, 0.717) is 5.69 Å². The SMILES string of the molecule is COC(=O)c1ccc(N=C/C=C/c2ccccc2)cn1. The zero-order chi connectivity index (χ0) is 14.2. The molecule has 1 heterocycles. The van der Waals surface area contributed by atoms with Crippen molar-refractivity contribution in [1.82, 2.24) is 4.98 Å². The topological polar surface area (TPSA) is 51.5 Å². The molecule has 0 saturated heterocycles. The average Bonchev–Trinajstić information content (AvgIpc) is 2.52. The number of nitrogens with zero attached hydrogens (tertiary/aromatic N) is 2. The Bertz CT molecular complexity index is 617. The lowest BCUT2D eigenvalue weighted by Gasteiger charge is -1.97. The Morgan fingerprint density at radius 1 is 1.20 bits per heavy atom. The van der Waals surface area contributed by atoms with Crippen LogP contribution in [0.1, 0.15) is 16.1 Å². The van der Waals surface area contributed by atoms with E-state index in [1.807, 2.05) is 42.5 Å². The third-order valence-corrected chi connectivity index (χ3v) is 2.54. The lowest BCUT2D eigenvalue weighted by Crippen LogP contribution is -2.02. The number of hydrogen-bond donors (Lipinski definition) is 0. The lowest BCUT2D eigenvalue weighted by atomic mass is 10.2. The highest BCUT2D eigenvalue weighted by Gasteiger charge is 2.05. The van der Waals surface area contributed by atoms with E-state index in [2.05, 4.69) is 14.7 Å². The minimum absolute atomic E-state index is 0.270. The second-order valence-electron chi connectivity index (χ2n) is 3.94. The highest BCUT2D eigenvalue weighted by Crippen LogP contribution is 2.10. The van der Waals surface area contributed by atoms with Crippen LogP contribution >= 0.6 is 0 Å². The quantitative estimate of drug-likeness (QED) is 0.630. The minimum Gasteiger partial charge on any atom is -0.464 e. The van der Waals surface area contributed by atoms with Gasteiger partial charge < -0.3 is 4.74 Å². The average molecular weight is 266 g/mol. The second kappa shape index (κ2) is 6.99. The fourth-order valence-corrected chi connectivity index (χ4v) is 1.54. The zero-order valence-corrected chi connectivity index (χ0v) is 11.1. The number of benzene rings is 1. The third-order valence-electron chi connectivity index (χ3n) is 2.54. The van der Waals surface area contributed by atoms with Crippen LogP contribution in [0, 0.1) is 0 Å². The number of esters is 1. The number of ether oxygens (including phenoxy) is 1. The molecule has 0 saturated carbocycles. The first-order valence-electron chi connectivity index (χ1n) is 6.10. The summed E-state index contributed by atoms with van der Waals surface area (Å²) in [5.74, 6) is -0.454. The molecule has 0 N–H and O–H groups in total. The van der Waals surface area contributed by atoms with E-state index >= 15 is 0 Å². The van der Waals surface area contributed by atoms with E-state index in [0.717, 1.165) is 5.56 Å². The van der Waals surface area contributed by atoms with Crippen molar-refractivity contribution in [2.24, 2.45) is 4.99 Å². The Balaban J connectivity index is 1.98. The van der Waals surface area contributed by atoms with Crippen LogP contribution in [0.5, 0.6) is 0 Å². The monoisotopic (exact) mass is 266 g/mol. The molecule has 4 heteroatoms. The molecule has 2 aromatic rings. The van der Waals surface area contributed by atoms with Crippen LogP contribution in [-0.4, -0.2) is 24.3 Å². The molecular formula is C16H14N2O2. The zero-order valence-electron chi connectivity index (χ0n) is 11.1. The molecule has 0 amide bonds. The number of hydrogen-bond acceptors (Lipinski definition) is 4. The van der Waals surface area contributed by atoms with Gasteiger partial charge in [0.1, 0.15) is 5.69 Å². The summed E-state index contributed by atoms with van der Waals surface area (Å²) in [5.41, 5.74) is 2.06.